The molecule has 1 amide bonds. The first kappa shape index (κ1) is 18.2. The number of rotatable bonds is 6. The summed E-state index contributed by atoms with van der Waals surface area (Å²) in [7, 11) is 0. The molecule has 1 atom stereocenters. The van der Waals surface area contributed by atoms with Crippen LogP contribution in [0.4, 0.5) is 0 Å². The lowest BCUT2D eigenvalue weighted by molar-refractivity contribution is -0.136. The normalized spacial score (nSPS) is 26.6. The van der Waals surface area contributed by atoms with E-state index in [2.05, 4.69) is 11.9 Å². The molecule has 1 aliphatic heterocycles. The molecule has 0 aromatic carbocycles. The lowest BCUT2D eigenvalue weighted by Gasteiger charge is -2.30. The Labute approximate surface area is 152 Å². The van der Waals surface area contributed by atoms with Crippen molar-refractivity contribution >= 4 is 5.91 Å². The number of hydrogen-bond donors (Lipinski definition) is 0. The van der Waals surface area contributed by atoms with Gasteiger partial charge in [0.1, 0.15) is 6.10 Å². The third kappa shape index (κ3) is 4.96. The van der Waals surface area contributed by atoms with Crippen LogP contribution >= 0.6 is 0 Å². The molecular weight excluding hydrogens is 312 g/mol. The standard InChI is InChI=1S/C21H32N2O2/c1-3-4-7-17-9-11-18(12-10-17)21(24)23-14-13-19(15-23)25-20-8-5-6-16(2)22-20/h5-6,8,17-19H,3-4,7,9-15H2,1-2H3. The van der Waals surface area contributed by atoms with Crippen LogP contribution in [0.2, 0.25) is 0 Å². The Morgan fingerprint density at radius 2 is 2.04 bits per heavy atom. The highest BCUT2D eigenvalue weighted by Crippen LogP contribution is 2.33. The average molecular weight is 344 g/mol. The quantitative estimate of drug-likeness (QED) is 0.770. The molecule has 1 saturated carbocycles. The van der Waals surface area contributed by atoms with Gasteiger partial charge in [0.25, 0.3) is 0 Å². The van der Waals surface area contributed by atoms with Crippen molar-refractivity contribution in [2.24, 2.45) is 11.8 Å². The Morgan fingerprint density at radius 3 is 2.76 bits per heavy atom. The van der Waals surface area contributed by atoms with E-state index in [1.807, 2.05) is 30.0 Å². The molecule has 138 valence electrons. The third-order valence-electron chi connectivity index (χ3n) is 5.77. The molecule has 25 heavy (non-hydrogen) atoms. The number of carbonyl (C=O) groups excluding carboxylic acids is 1. The number of nitrogens with zero attached hydrogens (tertiary/aromatic N) is 2. The third-order valence-corrected chi connectivity index (χ3v) is 5.77. The second kappa shape index (κ2) is 8.68. The highest BCUT2D eigenvalue weighted by atomic mass is 16.5. The van der Waals surface area contributed by atoms with Crippen LogP contribution in [0.3, 0.4) is 0 Å². The second-order valence-electron chi connectivity index (χ2n) is 7.79. The van der Waals surface area contributed by atoms with Gasteiger partial charge in [-0.25, -0.2) is 4.98 Å². The van der Waals surface area contributed by atoms with Crippen LogP contribution in [-0.4, -0.2) is 35.0 Å². The van der Waals surface area contributed by atoms with Crippen LogP contribution in [-0.2, 0) is 4.79 Å². The Morgan fingerprint density at radius 1 is 1.24 bits per heavy atom. The summed E-state index contributed by atoms with van der Waals surface area (Å²) < 4.78 is 5.98. The van der Waals surface area contributed by atoms with Gasteiger partial charge in [-0.05, 0) is 44.6 Å². The molecule has 4 heteroatoms. The molecule has 0 bridgehead atoms. The molecular formula is C21H32N2O2. The molecule has 0 N–H and O–H groups in total. The predicted molar refractivity (Wildman–Crippen MR) is 99.6 cm³/mol. The zero-order valence-electron chi connectivity index (χ0n) is 15.7. The van der Waals surface area contributed by atoms with E-state index in [0.29, 0.717) is 18.3 Å². The molecule has 2 fully saturated rings. The van der Waals surface area contributed by atoms with Crippen molar-refractivity contribution in [3.63, 3.8) is 0 Å². The average Bonchev–Trinajstić information content (AvgIpc) is 3.08. The molecule has 1 aliphatic carbocycles. The van der Waals surface area contributed by atoms with E-state index in [9.17, 15) is 4.79 Å². The van der Waals surface area contributed by atoms with Crippen LogP contribution in [0, 0.1) is 18.8 Å². The second-order valence-corrected chi connectivity index (χ2v) is 7.79. The van der Waals surface area contributed by atoms with E-state index in [1.165, 1.54) is 32.1 Å². The fourth-order valence-corrected chi connectivity index (χ4v) is 4.23. The molecule has 2 aliphatic rings. The number of hydrogen-bond acceptors (Lipinski definition) is 3. The smallest absolute Gasteiger partial charge is 0.225 e. The van der Waals surface area contributed by atoms with Crippen LogP contribution in [0.1, 0.15) is 64.0 Å². The van der Waals surface area contributed by atoms with Crippen molar-refractivity contribution in [3.8, 4) is 5.88 Å². The van der Waals surface area contributed by atoms with Gasteiger partial charge in [-0.2, -0.15) is 0 Å². The van der Waals surface area contributed by atoms with Gasteiger partial charge in [0.2, 0.25) is 11.8 Å². The van der Waals surface area contributed by atoms with Gasteiger partial charge in [0.05, 0.1) is 6.54 Å². The van der Waals surface area contributed by atoms with Gasteiger partial charge in [0.15, 0.2) is 0 Å². The maximum absolute atomic E-state index is 12.8. The molecule has 2 heterocycles. The van der Waals surface area contributed by atoms with E-state index in [0.717, 1.165) is 37.4 Å². The van der Waals surface area contributed by atoms with E-state index in [1.54, 1.807) is 0 Å². The van der Waals surface area contributed by atoms with Crippen molar-refractivity contribution in [1.82, 2.24) is 9.88 Å². The SMILES string of the molecule is CCCCC1CCC(C(=O)N2CCC(Oc3cccc(C)n3)C2)CC1. The fourth-order valence-electron chi connectivity index (χ4n) is 4.23. The zero-order chi connectivity index (χ0) is 17.6. The summed E-state index contributed by atoms with van der Waals surface area (Å²) in [6, 6.07) is 5.83. The summed E-state index contributed by atoms with van der Waals surface area (Å²) in [5.74, 6) is 2.13. The molecule has 1 aromatic rings. The van der Waals surface area contributed by atoms with Gasteiger partial charge in [0, 0.05) is 30.6 Å². The Hall–Kier alpha value is -1.58. The van der Waals surface area contributed by atoms with Gasteiger partial charge >= 0.3 is 0 Å². The van der Waals surface area contributed by atoms with Crippen molar-refractivity contribution in [2.75, 3.05) is 13.1 Å². The summed E-state index contributed by atoms with van der Waals surface area (Å²) in [5, 5.41) is 0. The maximum atomic E-state index is 12.8. The van der Waals surface area contributed by atoms with Crippen molar-refractivity contribution in [2.45, 2.75) is 71.3 Å². The van der Waals surface area contributed by atoms with Gasteiger partial charge < -0.3 is 9.64 Å². The van der Waals surface area contributed by atoms with Crippen LogP contribution in [0.15, 0.2) is 18.2 Å². The largest absolute Gasteiger partial charge is 0.472 e. The fraction of sp³-hybridized carbons (Fsp3) is 0.714. The zero-order valence-corrected chi connectivity index (χ0v) is 15.7. The summed E-state index contributed by atoms with van der Waals surface area (Å²) in [6.45, 7) is 5.76. The summed E-state index contributed by atoms with van der Waals surface area (Å²) in [4.78, 5) is 19.3. The van der Waals surface area contributed by atoms with Gasteiger partial charge in [-0.3, -0.25) is 4.79 Å². The summed E-state index contributed by atoms with van der Waals surface area (Å²) in [6.07, 6.45) is 9.58. The number of unbranched alkanes of at least 4 members (excludes halogenated alkanes) is 1. The number of amides is 1. The predicted octanol–water partition coefficient (Wildman–Crippen LogP) is 4.37. The number of aryl methyl sites for hydroxylation is 1. The van der Waals surface area contributed by atoms with Crippen molar-refractivity contribution in [3.05, 3.63) is 23.9 Å². The number of pyridine rings is 1. The lowest BCUT2D eigenvalue weighted by Crippen LogP contribution is -2.37. The monoisotopic (exact) mass is 344 g/mol. The van der Waals surface area contributed by atoms with E-state index in [-0.39, 0.29) is 12.0 Å². The van der Waals surface area contributed by atoms with E-state index >= 15 is 0 Å². The van der Waals surface area contributed by atoms with Crippen molar-refractivity contribution < 1.29 is 9.53 Å². The van der Waals surface area contributed by atoms with Gasteiger partial charge in [-0.15, -0.1) is 0 Å². The Balaban J connectivity index is 1.45. The Kier molecular flexibility index (Phi) is 6.33. The molecule has 0 radical (unpaired) electrons. The van der Waals surface area contributed by atoms with Crippen LogP contribution in [0.5, 0.6) is 5.88 Å². The molecule has 1 unspecified atom stereocenters. The molecule has 3 rings (SSSR count). The summed E-state index contributed by atoms with van der Waals surface area (Å²) in [5.41, 5.74) is 0.961. The van der Waals surface area contributed by atoms with Crippen LogP contribution < -0.4 is 4.74 Å². The maximum Gasteiger partial charge on any atom is 0.225 e. The van der Waals surface area contributed by atoms with E-state index in [4.69, 9.17) is 4.74 Å². The van der Waals surface area contributed by atoms with Crippen LogP contribution in [0.25, 0.3) is 0 Å². The first-order valence-corrected chi connectivity index (χ1v) is 10.0. The first-order chi connectivity index (χ1) is 12.2. The minimum Gasteiger partial charge on any atom is -0.472 e. The topological polar surface area (TPSA) is 42.4 Å². The molecule has 4 nitrogen and oxygen atoms in total. The number of carbonyl (C=O) groups is 1. The number of likely N-dealkylation sites (tertiary alicyclic amines) is 1. The van der Waals surface area contributed by atoms with Crippen molar-refractivity contribution in [1.29, 1.82) is 0 Å². The molecule has 0 spiro atoms. The first-order valence-electron chi connectivity index (χ1n) is 10.0. The van der Waals surface area contributed by atoms with E-state index < -0.39 is 0 Å². The van der Waals surface area contributed by atoms with Gasteiger partial charge in [-0.1, -0.05) is 32.3 Å². The highest BCUT2D eigenvalue weighted by molar-refractivity contribution is 5.79. The summed E-state index contributed by atoms with van der Waals surface area (Å²) >= 11 is 0. The lowest BCUT2D eigenvalue weighted by atomic mass is 9.79. The minimum atomic E-state index is 0.0825. The Bertz CT molecular complexity index is 567. The molecule has 1 aromatic heterocycles. The minimum absolute atomic E-state index is 0.0825. The molecule has 1 saturated heterocycles. The highest BCUT2D eigenvalue weighted by Gasteiger charge is 2.34. The number of aromatic nitrogens is 1. The number of ether oxygens (including phenoxy) is 1.